The third-order valence-electron chi connectivity index (χ3n) is 4.15. The fraction of sp³-hybridized carbons (Fsp3) is 0.474. The summed E-state index contributed by atoms with van der Waals surface area (Å²) in [5.74, 6) is 0. The molecule has 1 heteroatoms. The Hall–Kier alpha value is -1.34. The molecule has 2 aromatic carbocycles. The molecule has 1 nitrogen and oxygen atoms in total. The van der Waals surface area contributed by atoms with Crippen LogP contribution in [0.15, 0.2) is 24.3 Å². The van der Waals surface area contributed by atoms with Gasteiger partial charge in [0.05, 0.1) is 0 Å². The lowest BCUT2D eigenvalue weighted by Gasteiger charge is -2.27. The Kier molecular flexibility index (Phi) is 4.82. The van der Waals surface area contributed by atoms with Crippen LogP contribution in [0.5, 0.6) is 0 Å². The van der Waals surface area contributed by atoms with Crippen LogP contribution in [0.25, 0.3) is 10.8 Å². The van der Waals surface area contributed by atoms with Crippen LogP contribution >= 0.6 is 0 Å². The highest BCUT2D eigenvalue weighted by atomic mass is 15.1. The zero-order valence-electron chi connectivity index (χ0n) is 13.6. The van der Waals surface area contributed by atoms with E-state index in [4.69, 9.17) is 0 Å². The van der Waals surface area contributed by atoms with Gasteiger partial charge >= 0.3 is 0 Å². The summed E-state index contributed by atoms with van der Waals surface area (Å²) in [6, 6.07) is 9.33. The van der Waals surface area contributed by atoms with E-state index in [1.807, 2.05) is 13.8 Å². The molecule has 0 aromatic heterocycles. The summed E-state index contributed by atoms with van der Waals surface area (Å²) in [6.45, 7) is 10.7. The smallest absolute Gasteiger partial charge is 0.0240 e. The molecule has 0 spiro atoms. The van der Waals surface area contributed by atoms with Gasteiger partial charge in [0, 0.05) is 13.1 Å². The molecular formula is C19H27N. The zero-order valence-corrected chi connectivity index (χ0v) is 13.6. The molecule has 0 saturated heterocycles. The Morgan fingerprint density at radius 1 is 0.800 bits per heavy atom. The highest BCUT2D eigenvalue weighted by Crippen LogP contribution is 2.34. The maximum atomic E-state index is 2.40. The van der Waals surface area contributed by atoms with Crippen molar-refractivity contribution >= 4 is 10.8 Å². The predicted octanol–water partition coefficient (Wildman–Crippen LogP) is 4.94. The van der Waals surface area contributed by atoms with Crippen molar-refractivity contribution in [2.45, 2.75) is 53.6 Å². The molecule has 0 atom stereocenters. The van der Waals surface area contributed by atoms with Crippen molar-refractivity contribution in [2.24, 2.45) is 0 Å². The van der Waals surface area contributed by atoms with E-state index in [-0.39, 0.29) is 0 Å². The second kappa shape index (κ2) is 6.41. The van der Waals surface area contributed by atoms with Crippen molar-refractivity contribution in [1.29, 1.82) is 0 Å². The van der Waals surface area contributed by atoms with Gasteiger partial charge in [0.15, 0.2) is 0 Å². The molecule has 1 heterocycles. The van der Waals surface area contributed by atoms with E-state index in [0.717, 1.165) is 25.9 Å². The zero-order chi connectivity index (χ0) is 14.7. The van der Waals surface area contributed by atoms with Crippen molar-refractivity contribution < 1.29 is 0 Å². The van der Waals surface area contributed by atoms with Gasteiger partial charge in [-0.3, -0.25) is 4.90 Å². The van der Waals surface area contributed by atoms with E-state index in [0.29, 0.717) is 0 Å². The molecule has 1 aliphatic rings. The summed E-state index contributed by atoms with van der Waals surface area (Å²) < 4.78 is 0. The van der Waals surface area contributed by atoms with E-state index in [1.165, 1.54) is 22.3 Å². The second-order valence-electron chi connectivity index (χ2n) is 5.40. The molecule has 0 N–H and O–H groups in total. The Bertz CT molecular complexity index is 549. The summed E-state index contributed by atoms with van der Waals surface area (Å²) >= 11 is 0. The largest absolute Gasteiger partial charge is 0.298 e. The van der Waals surface area contributed by atoms with E-state index < -0.39 is 0 Å². The lowest BCUT2D eigenvalue weighted by atomic mass is 9.88. The number of nitrogens with zero attached hydrogens (tertiary/aromatic N) is 1. The fourth-order valence-corrected chi connectivity index (χ4v) is 3.28. The third kappa shape index (κ3) is 2.47. The number of rotatable bonds is 2. The minimum atomic E-state index is 1.08. The fourth-order valence-electron chi connectivity index (χ4n) is 3.28. The first-order chi connectivity index (χ1) is 9.74. The van der Waals surface area contributed by atoms with Crippen molar-refractivity contribution in [3.05, 3.63) is 46.5 Å². The summed E-state index contributed by atoms with van der Waals surface area (Å²) in [6.07, 6.45) is 2.26. The summed E-state index contributed by atoms with van der Waals surface area (Å²) in [4.78, 5) is 2.40. The van der Waals surface area contributed by atoms with Gasteiger partial charge in [-0.2, -0.15) is 0 Å². The standard InChI is InChI=1S/C17H21N.C2H6/c1-4-12-6-8-14-10-18(3)11-15-9-7-13(5-2)16(12)17(14)15;1-2/h6-9H,4-5,10-11H2,1-3H3;1-2H3. The van der Waals surface area contributed by atoms with Gasteiger partial charge in [-0.15, -0.1) is 0 Å². The Labute approximate surface area is 123 Å². The molecule has 0 bridgehead atoms. The molecule has 0 radical (unpaired) electrons. The maximum absolute atomic E-state index is 2.40. The number of hydrogen-bond donors (Lipinski definition) is 0. The number of hydrogen-bond acceptors (Lipinski definition) is 1. The van der Waals surface area contributed by atoms with Crippen molar-refractivity contribution in [1.82, 2.24) is 4.90 Å². The minimum absolute atomic E-state index is 1.08. The quantitative estimate of drug-likeness (QED) is 0.746. The Morgan fingerprint density at radius 2 is 1.25 bits per heavy atom. The monoisotopic (exact) mass is 269 g/mol. The van der Waals surface area contributed by atoms with Crippen LogP contribution in [0.2, 0.25) is 0 Å². The maximum Gasteiger partial charge on any atom is 0.0240 e. The van der Waals surface area contributed by atoms with Gasteiger partial charge in [0.2, 0.25) is 0 Å². The van der Waals surface area contributed by atoms with Crippen LogP contribution in [0.1, 0.15) is 49.9 Å². The van der Waals surface area contributed by atoms with E-state index >= 15 is 0 Å². The molecule has 2 aromatic rings. The van der Waals surface area contributed by atoms with Gasteiger partial charge in [-0.1, -0.05) is 52.0 Å². The van der Waals surface area contributed by atoms with Crippen molar-refractivity contribution in [3.63, 3.8) is 0 Å². The molecule has 3 rings (SSSR count). The lowest BCUT2D eigenvalue weighted by molar-refractivity contribution is 0.314. The van der Waals surface area contributed by atoms with E-state index in [9.17, 15) is 0 Å². The molecule has 0 aliphatic carbocycles. The molecule has 0 fully saturated rings. The van der Waals surface area contributed by atoms with E-state index in [1.54, 1.807) is 10.8 Å². The van der Waals surface area contributed by atoms with Crippen LogP contribution in [-0.2, 0) is 25.9 Å². The lowest BCUT2D eigenvalue weighted by Crippen LogP contribution is -2.22. The third-order valence-corrected chi connectivity index (χ3v) is 4.15. The van der Waals surface area contributed by atoms with Crippen molar-refractivity contribution in [2.75, 3.05) is 7.05 Å². The van der Waals surface area contributed by atoms with Gasteiger partial charge in [-0.25, -0.2) is 0 Å². The van der Waals surface area contributed by atoms with Crippen LogP contribution in [-0.4, -0.2) is 11.9 Å². The number of benzene rings is 2. The average Bonchev–Trinajstić information content (AvgIpc) is 2.49. The van der Waals surface area contributed by atoms with E-state index in [2.05, 4.69) is 50.1 Å². The summed E-state index contributed by atoms with van der Waals surface area (Å²) in [5.41, 5.74) is 6.02. The van der Waals surface area contributed by atoms with Crippen molar-refractivity contribution in [3.8, 4) is 0 Å². The molecular weight excluding hydrogens is 242 g/mol. The molecule has 0 amide bonds. The summed E-state index contributed by atoms with van der Waals surface area (Å²) in [7, 11) is 2.20. The van der Waals surface area contributed by atoms with Gasteiger partial charge in [0.25, 0.3) is 0 Å². The topological polar surface area (TPSA) is 3.24 Å². The number of aryl methyl sites for hydroxylation is 2. The SMILES string of the molecule is CC.CCc1ccc2c3c(ccc(CC)c13)CN(C)C2. The molecule has 0 unspecified atom stereocenters. The normalized spacial score (nSPS) is 14.1. The highest BCUT2D eigenvalue weighted by molar-refractivity contribution is 5.94. The summed E-state index contributed by atoms with van der Waals surface area (Å²) in [5, 5.41) is 3.09. The van der Waals surface area contributed by atoms with Gasteiger partial charge in [0.1, 0.15) is 0 Å². The van der Waals surface area contributed by atoms with Crippen LogP contribution < -0.4 is 0 Å². The first kappa shape index (κ1) is 15.1. The van der Waals surface area contributed by atoms with Crippen LogP contribution in [0.4, 0.5) is 0 Å². The van der Waals surface area contributed by atoms with Gasteiger partial charge < -0.3 is 0 Å². The van der Waals surface area contributed by atoms with Crippen LogP contribution in [0.3, 0.4) is 0 Å². The average molecular weight is 269 g/mol. The first-order valence-corrected chi connectivity index (χ1v) is 7.98. The predicted molar refractivity (Wildman–Crippen MR) is 89.2 cm³/mol. The Balaban J connectivity index is 0.000000704. The highest BCUT2D eigenvalue weighted by Gasteiger charge is 2.18. The Morgan fingerprint density at radius 3 is 1.65 bits per heavy atom. The first-order valence-electron chi connectivity index (χ1n) is 7.98. The van der Waals surface area contributed by atoms with Crippen LogP contribution in [0, 0.1) is 0 Å². The molecule has 1 aliphatic heterocycles. The molecule has 0 saturated carbocycles. The van der Waals surface area contributed by atoms with Gasteiger partial charge in [-0.05, 0) is 52.9 Å². The molecule has 108 valence electrons. The minimum Gasteiger partial charge on any atom is -0.298 e. The second-order valence-corrected chi connectivity index (χ2v) is 5.40. The molecule has 20 heavy (non-hydrogen) atoms.